The van der Waals surface area contributed by atoms with Crippen LogP contribution in [0.3, 0.4) is 0 Å². The van der Waals surface area contributed by atoms with Gasteiger partial charge in [0.15, 0.2) is 0 Å². The van der Waals surface area contributed by atoms with Crippen molar-refractivity contribution in [3.63, 3.8) is 0 Å². The molecule has 0 amide bonds. The van der Waals surface area contributed by atoms with Crippen molar-refractivity contribution in [1.29, 1.82) is 0 Å². The number of furan rings is 1. The van der Waals surface area contributed by atoms with Crippen molar-refractivity contribution >= 4 is 5.97 Å². The maximum Gasteiger partial charge on any atom is 0.341 e. The highest BCUT2D eigenvalue weighted by Gasteiger charge is 2.12. The van der Waals surface area contributed by atoms with Crippen LogP contribution in [-0.2, 0) is 11.2 Å². The van der Waals surface area contributed by atoms with Crippen molar-refractivity contribution in [3.05, 3.63) is 53.7 Å². The topological polar surface area (TPSA) is 52.3 Å². The zero-order valence-electron chi connectivity index (χ0n) is 10.3. The maximum absolute atomic E-state index is 11.6. The van der Waals surface area contributed by atoms with Crippen molar-refractivity contribution in [2.24, 2.45) is 0 Å². The first-order valence-corrected chi connectivity index (χ1v) is 5.87. The molecule has 0 N–H and O–H groups in total. The Balaban J connectivity index is 1.73. The summed E-state index contributed by atoms with van der Waals surface area (Å²) >= 11 is 0. The predicted molar refractivity (Wildman–Crippen MR) is 66.3 cm³/mol. The summed E-state index contributed by atoms with van der Waals surface area (Å²) in [6.07, 6.45) is 6.68. The summed E-state index contributed by atoms with van der Waals surface area (Å²) in [6, 6.07) is 5.55. The van der Waals surface area contributed by atoms with Gasteiger partial charge in [-0.1, -0.05) is 0 Å². The lowest BCUT2D eigenvalue weighted by Gasteiger charge is -2.04. The quantitative estimate of drug-likeness (QED) is 0.600. The Morgan fingerprint density at radius 3 is 2.78 bits per heavy atom. The molecule has 94 valence electrons. The molecular weight excluding hydrogens is 230 g/mol. The average Bonchev–Trinajstić information content (AvgIpc) is 2.82. The van der Waals surface area contributed by atoms with Crippen molar-refractivity contribution in [2.75, 3.05) is 6.61 Å². The van der Waals surface area contributed by atoms with Crippen LogP contribution in [-0.4, -0.2) is 17.6 Å². The van der Waals surface area contributed by atoms with Gasteiger partial charge < -0.3 is 9.15 Å². The van der Waals surface area contributed by atoms with Gasteiger partial charge in [-0.05, 0) is 43.5 Å². The third kappa shape index (κ3) is 3.20. The summed E-state index contributed by atoms with van der Waals surface area (Å²) in [5.41, 5.74) is 1.69. The Kier molecular flexibility index (Phi) is 4.12. The molecule has 18 heavy (non-hydrogen) atoms. The Bertz CT molecular complexity index is 505. The number of pyridine rings is 1. The van der Waals surface area contributed by atoms with Crippen LogP contribution in [0.5, 0.6) is 0 Å². The number of aromatic nitrogens is 1. The van der Waals surface area contributed by atoms with E-state index in [2.05, 4.69) is 4.98 Å². The fraction of sp³-hybridized carbons (Fsp3) is 0.286. The minimum Gasteiger partial charge on any atom is -0.469 e. The average molecular weight is 245 g/mol. The van der Waals surface area contributed by atoms with Gasteiger partial charge in [0.05, 0.1) is 12.9 Å². The van der Waals surface area contributed by atoms with E-state index in [1.54, 1.807) is 25.4 Å². The zero-order valence-corrected chi connectivity index (χ0v) is 10.3. The lowest BCUT2D eigenvalue weighted by Crippen LogP contribution is -2.07. The van der Waals surface area contributed by atoms with Crippen LogP contribution >= 0.6 is 0 Å². The van der Waals surface area contributed by atoms with Gasteiger partial charge in [0.1, 0.15) is 11.3 Å². The molecule has 2 rings (SSSR count). The van der Waals surface area contributed by atoms with Crippen molar-refractivity contribution in [1.82, 2.24) is 4.98 Å². The smallest absolute Gasteiger partial charge is 0.341 e. The van der Waals surface area contributed by atoms with E-state index >= 15 is 0 Å². The number of esters is 1. The van der Waals surface area contributed by atoms with Gasteiger partial charge in [0, 0.05) is 12.4 Å². The van der Waals surface area contributed by atoms with E-state index in [0.717, 1.165) is 12.8 Å². The molecule has 0 fully saturated rings. The van der Waals surface area contributed by atoms with Crippen LogP contribution in [0.4, 0.5) is 0 Å². The summed E-state index contributed by atoms with van der Waals surface area (Å²) < 4.78 is 10.2. The first-order chi connectivity index (χ1) is 8.77. The van der Waals surface area contributed by atoms with Crippen LogP contribution in [0.25, 0.3) is 0 Å². The van der Waals surface area contributed by atoms with Crippen LogP contribution in [0.1, 0.15) is 28.1 Å². The van der Waals surface area contributed by atoms with Crippen molar-refractivity contribution in [2.45, 2.75) is 19.8 Å². The predicted octanol–water partition coefficient (Wildman–Crippen LogP) is 2.77. The Hall–Kier alpha value is -2.10. The summed E-state index contributed by atoms with van der Waals surface area (Å²) in [7, 11) is 0. The van der Waals surface area contributed by atoms with Gasteiger partial charge in [0.25, 0.3) is 0 Å². The van der Waals surface area contributed by atoms with Gasteiger partial charge in [-0.25, -0.2) is 4.79 Å². The van der Waals surface area contributed by atoms with Gasteiger partial charge >= 0.3 is 5.97 Å². The van der Waals surface area contributed by atoms with Gasteiger partial charge in [-0.2, -0.15) is 0 Å². The highest BCUT2D eigenvalue weighted by atomic mass is 16.5. The fourth-order valence-corrected chi connectivity index (χ4v) is 1.67. The zero-order chi connectivity index (χ0) is 12.8. The summed E-state index contributed by atoms with van der Waals surface area (Å²) in [4.78, 5) is 15.6. The lowest BCUT2D eigenvalue weighted by atomic mass is 10.1. The van der Waals surface area contributed by atoms with E-state index in [9.17, 15) is 4.79 Å². The van der Waals surface area contributed by atoms with Crippen LogP contribution < -0.4 is 0 Å². The van der Waals surface area contributed by atoms with E-state index < -0.39 is 0 Å². The number of hydrogen-bond donors (Lipinski definition) is 0. The minimum atomic E-state index is -0.323. The van der Waals surface area contributed by atoms with Crippen LogP contribution in [0, 0.1) is 6.92 Å². The third-order valence-electron chi connectivity index (χ3n) is 2.67. The second kappa shape index (κ2) is 6.00. The molecular formula is C14H15NO3. The molecule has 0 spiro atoms. The van der Waals surface area contributed by atoms with Crippen LogP contribution in [0.2, 0.25) is 0 Å². The van der Waals surface area contributed by atoms with E-state index in [1.165, 1.54) is 11.8 Å². The molecule has 0 saturated heterocycles. The van der Waals surface area contributed by atoms with Gasteiger partial charge in [-0.3, -0.25) is 4.98 Å². The molecule has 0 aliphatic carbocycles. The molecule has 0 aromatic carbocycles. The second-order valence-electron chi connectivity index (χ2n) is 3.99. The summed E-state index contributed by atoms with van der Waals surface area (Å²) in [6.45, 7) is 2.15. The number of ether oxygens (including phenoxy) is 1. The Morgan fingerprint density at radius 2 is 2.11 bits per heavy atom. The molecule has 2 heterocycles. The molecule has 0 radical (unpaired) electrons. The number of hydrogen-bond acceptors (Lipinski definition) is 4. The molecule has 0 aliphatic heterocycles. The Morgan fingerprint density at radius 1 is 1.33 bits per heavy atom. The lowest BCUT2D eigenvalue weighted by molar-refractivity contribution is 0.0498. The first kappa shape index (κ1) is 12.4. The highest BCUT2D eigenvalue weighted by molar-refractivity contribution is 5.90. The minimum absolute atomic E-state index is 0.323. The molecule has 0 unspecified atom stereocenters. The fourth-order valence-electron chi connectivity index (χ4n) is 1.67. The maximum atomic E-state index is 11.6. The molecule has 4 heteroatoms. The monoisotopic (exact) mass is 245 g/mol. The van der Waals surface area contributed by atoms with Gasteiger partial charge in [0.2, 0.25) is 0 Å². The molecule has 2 aromatic heterocycles. The molecule has 0 atom stereocenters. The third-order valence-corrected chi connectivity index (χ3v) is 2.67. The number of carbonyl (C=O) groups is 1. The standard InChI is InChI=1S/C14H15NO3/c1-11-13(6-10-17-11)14(16)18-9-2-3-12-4-7-15-8-5-12/h4-8,10H,2-3,9H2,1H3. The highest BCUT2D eigenvalue weighted by Crippen LogP contribution is 2.10. The molecule has 0 aliphatic rings. The first-order valence-electron chi connectivity index (χ1n) is 5.87. The molecule has 2 aromatic rings. The van der Waals surface area contributed by atoms with E-state index in [0.29, 0.717) is 17.9 Å². The van der Waals surface area contributed by atoms with Crippen molar-refractivity contribution < 1.29 is 13.9 Å². The Labute approximate surface area is 106 Å². The van der Waals surface area contributed by atoms with E-state index in [-0.39, 0.29) is 5.97 Å². The number of rotatable bonds is 5. The normalized spacial score (nSPS) is 10.3. The van der Waals surface area contributed by atoms with Crippen LogP contribution in [0.15, 0.2) is 41.3 Å². The second-order valence-corrected chi connectivity index (χ2v) is 3.99. The van der Waals surface area contributed by atoms with Crippen molar-refractivity contribution in [3.8, 4) is 0 Å². The molecule has 0 bridgehead atoms. The SMILES string of the molecule is Cc1occc1C(=O)OCCCc1ccncc1. The van der Waals surface area contributed by atoms with E-state index in [1.807, 2.05) is 12.1 Å². The number of carbonyl (C=O) groups excluding carboxylic acids is 1. The van der Waals surface area contributed by atoms with E-state index in [4.69, 9.17) is 9.15 Å². The number of nitrogens with zero attached hydrogens (tertiary/aromatic N) is 1. The number of aryl methyl sites for hydroxylation is 2. The summed E-state index contributed by atoms with van der Waals surface area (Å²) in [5.74, 6) is 0.269. The summed E-state index contributed by atoms with van der Waals surface area (Å²) in [5, 5.41) is 0. The molecule has 4 nitrogen and oxygen atoms in total. The largest absolute Gasteiger partial charge is 0.469 e. The van der Waals surface area contributed by atoms with Gasteiger partial charge in [-0.15, -0.1) is 0 Å². The molecule has 0 saturated carbocycles.